The van der Waals surface area contributed by atoms with Gasteiger partial charge in [0.15, 0.2) is 18.9 Å². The maximum Gasteiger partial charge on any atom is 0.339 e. The lowest BCUT2D eigenvalue weighted by Crippen LogP contribution is -2.34. The molecule has 0 radical (unpaired) electrons. The van der Waals surface area contributed by atoms with Gasteiger partial charge in [-0.25, -0.2) is 9.36 Å². The normalized spacial score (nSPS) is 8.47. The second kappa shape index (κ2) is 7.74. The molecule has 0 saturated carbocycles. The topological polar surface area (TPSA) is 30.2 Å². The molecule has 1 heterocycles. The molecule has 1 rings (SSSR count). The minimum absolute atomic E-state index is 0.364. The summed E-state index contributed by atoms with van der Waals surface area (Å²) in [7, 11) is 1.35. The highest BCUT2D eigenvalue weighted by atomic mass is 16.5. The molecule has 0 saturated heterocycles. The standard InChI is InChI=1S/C10H12NO2.C2H6/c1-9(10(12)13-2)8-11-6-4-3-5-7-11;1-2/h3-7H,1,8H2,2H3;1-2H3/q+1;. The van der Waals surface area contributed by atoms with Crippen LogP contribution >= 0.6 is 0 Å². The number of carbonyl (C=O) groups excluding carboxylic acids is 1. The van der Waals surface area contributed by atoms with Crippen molar-refractivity contribution in [3.05, 3.63) is 42.7 Å². The Kier molecular flexibility index (Phi) is 6.89. The molecule has 1 aromatic rings. The van der Waals surface area contributed by atoms with Crippen molar-refractivity contribution in [3.63, 3.8) is 0 Å². The fourth-order valence-corrected chi connectivity index (χ4v) is 0.969. The van der Waals surface area contributed by atoms with Crippen molar-refractivity contribution >= 4 is 5.97 Å². The number of hydrogen-bond acceptors (Lipinski definition) is 2. The highest BCUT2D eigenvalue weighted by Crippen LogP contribution is 1.92. The van der Waals surface area contributed by atoms with Crippen LogP contribution in [0.1, 0.15) is 13.8 Å². The summed E-state index contributed by atoms with van der Waals surface area (Å²) in [5.41, 5.74) is 0.443. The maximum atomic E-state index is 11.0. The van der Waals surface area contributed by atoms with E-state index in [1.807, 2.05) is 49.0 Å². The molecular formula is C12H18NO2+. The SMILES string of the molecule is C=C(C[n+]1ccccc1)C(=O)OC.CC. The molecule has 0 spiro atoms. The van der Waals surface area contributed by atoms with Gasteiger partial charge in [0.1, 0.15) is 0 Å². The molecule has 0 aliphatic rings. The monoisotopic (exact) mass is 208 g/mol. The van der Waals surface area contributed by atoms with Gasteiger partial charge in [-0.1, -0.05) is 26.5 Å². The molecule has 82 valence electrons. The summed E-state index contributed by atoms with van der Waals surface area (Å²) in [6.45, 7) is 8.09. The minimum Gasteiger partial charge on any atom is -0.465 e. The van der Waals surface area contributed by atoms with Gasteiger partial charge in [-0.05, 0) is 0 Å². The van der Waals surface area contributed by atoms with Crippen LogP contribution in [0.4, 0.5) is 0 Å². The van der Waals surface area contributed by atoms with Crippen molar-refractivity contribution < 1.29 is 14.1 Å². The fraction of sp³-hybridized carbons (Fsp3) is 0.333. The van der Waals surface area contributed by atoms with Crippen molar-refractivity contribution in [1.82, 2.24) is 0 Å². The lowest BCUT2D eigenvalue weighted by atomic mass is 10.3. The van der Waals surface area contributed by atoms with Crippen LogP contribution < -0.4 is 4.57 Å². The summed E-state index contributed by atoms with van der Waals surface area (Å²) in [5, 5.41) is 0. The summed E-state index contributed by atoms with van der Waals surface area (Å²) in [6, 6.07) is 5.70. The van der Waals surface area contributed by atoms with Crippen LogP contribution in [0.2, 0.25) is 0 Å². The number of pyridine rings is 1. The van der Waals surface area contributed by atoms with Gasteiger partial charge < -0.3 is 4.74 Å². The van der Waals surface area contributed by atoms with E-state index >= 15 is 0 Å². The van der Waals surface area contributed by atoms with E-state index in [4.69, 9.17) is 0 Å². The van der Waals surface area contributed by atoms with Crippen LogP contribution in [0.3, 0.4) is 0 Å². The number of ether oxygens (including phenoxy) is 1. The lowest BCUT2D eigenvalue weighted by Gasteiger charge is -1.98. The van der Waals surface area contributed by atoms with E-state index in [1.54, 1.807) is 0 Å². The maximum absolute atomic E-state index is 11.0. The Hall–Kier alpha value is -1.64. The fourth-order valence-electron chi connectivity index (χ4n) is 0.969. The Labute approximate surface area is 91.0 Å². The second-order valence-electron chi connectivity index (χ2n) is 2.64. The van der Waals surface area contributed by atoms with E-state index in [0.29, 0.717) is 12.1 Å². The quantitative estimate of drug-likeness (QED) is 0.430. The van der Waals surface area contributed by atoms with E-state index in [9.17, 15) is 4.79 Å². The number of aromatic nitrogens is 1. The second-order valence-corrected chi connectivity index (χ2v) is 2.64. The van der Waals surface area contributed by atoms with Gasteiger partial charge in [-0.15, -0.1) is 0 Å². The molecule has 15 heavy (non-hydrogen) atoms. The van der Waals surface area contributed by atoms with Gasteiger partial charge in [0.05, 0.1) is 12.7 Å². The van der Waals surface area contributed by atoms with Gasteiger partial charge >= 0.3 is 5.97 Å². The van der Waals surface area contributed by atoms with E-state index in [0.717, 1.165) is 0 Å². The number of hydrogen-bond donors (Lipinski definition) is 0. The minimum atomic E-state index is -0.364. The zero-order chi connectivity index (χ0) is 11.7. The predicted molar refractivity (Wildman–Crippen MR) is 59.1 cm³/mol. The van der Waals surface area contributed by atoms with E-state index in [1.165, 1.54) is 7.11 Å². The van der Waals surface area contributed by atoms with E-state index in [2.05, 4.69) is 11.3 Å². The summed E-state index contributed by atoms with van der Waals surface area (Å²) in [6.07, 6.45) is 3.74. The van der Waals surface area contributed by atoms with Crippen LogP contribution in [0.5, 0.6) is 0 Å². The van der Waals surface area contributed by atoms with Crippen LogP contribution in [-0.2, 0) is 16.1 Å². The third kappa shape index (κ3) is 4.96. The average Bonchev–Trinajstić information content (AvgIpc) is 2.32. The number of nitrogens with zero attached hydrogens (tertiary/aromatic N) is 1. The van der Waals surface area contributed by atoms with Crippen molar-refractivity contribution in [1.29, 1.82) is 0 Å². The van der Waals surface area contributed by atoms with Crippen LogP contribution in [-0.4, -0.2) is 13.1 Å². The number of carbonyl (C=O) groups is 1. The largest absolute Gasteiger partial charge is 0.465 e. The molecule has 0 amide bonds. The third-order valence-corrected chi connectivity index (χ3v) is 1.62. The zero-order valence-electron chi connectivity index (χ0n) is 9.56. The Morgan fingerprint density at radius 1 is 1.27 bits per heavy atom. The van der Waals surface area contributed by atoms with Crippen molar-refractivity contribution in [3.8, 4) is 0 Å². The Balaban J connectivity index is 0.000000921. The molecule has 0 atom stereocenters. The number of methoxy groups -OCH3 is 1. The summed E-state index contributed by atoms with van der Waals surface area (Å²) < 4.78 is 6.39. The highest BCUT2D eigenvalue weighted by molar-refractivity contribution is 5.87. The molecule has 0 N–H and O–H groups in total. The summed E-state index contributed by atoms with van der Waals surface area (Å²) >= 11 is 0. The van der Waals surface area contributed by atoms with E-state index in [-0.39, 0.29) is 5.97 Å². The first-order chi connectivity index (χ1) is 7.24. The van der Waals surface area contributed by atoms with Crippen molar-refractivity contribution in [2.45, 2.75) is 20.4 Å². The van der Waals surface area contributed by atoms with Gasteiger partial charge in [-0.3, -0.25) is 0 Å². The Morgan fingerprint density at radius 3 is 2.27 bits per heavy atom. The first kappa shape index (κ1) is 13.4. The molecule has 3 heteroatoms. The van der Waals surface area contributed by atoms with Gasteiger partial charge in [0.25, 0.3) is 0 Å². The van der Waals surface area contributed by atoms with Crippen LogP contribution in [0, 0.1) is 0 Å². The molecule has 0 fully saturated rings. The number of esters is 1. The molecule has 0 aliphatic carbocycles. The smallest absolute Gasteiger partial charge is 0.339 e. The first-order valence-corrected chi connectivity index (χ1v) is 4.94. The third-order valence-electron chi connectivity index (χ3n) is 1.62. The van der Waals surface area contributed by atoms with Gasteiger partial charge in [-0.2, -0.15) is 0 Å². The molecule has 0 aromatic carbocycles. The molecule has 0 unspecified atom stereocenters. The van der Waals surface area contributed by atoms with Gasteiger partial charge in [0, 0.05) is 12.1 Å². The highest BCUT2D eigenvalue weighted by Gasteiger charge is 2.10. The van der Waals surface area contributed by atoms with Crippen LogP contribution in [0.25, 0.3) is 0 Å². The first-order valence-electron chi connectivity index (χ1n) is 4.94. The summed E-state index contributed by atoms with van der Waals surface area (Å²) in [5.74, 6) is -0.364. The summed E-state index contributed by atoms with van der Waals surface area (Å²) in [4.78, 5) is 11.0. The molecule has 0 aliphatic heterocycles. The molecule has 0 bridgehead atoms. The Bertz CT molecular complexity index is 307. The van der Waals surface area contributed by atoms with Crippen LogP contribution in [0.15, 0.2) is 42.7 Å². The lowest BCUT2D eigenvalue weighted by molar-refractivity contribution is -0.688. The van der Waals surface area contributed by atoms with Gasteiger partial charge in [0.2, 0.25) is 0 Å². The molecule has 3 nitrogen and oxygen atoms in total. The number of rotatable bonds is 3. The predicted octanol–water partition coefficient (Wildman–Crippen LogP) is 1.73. The molecular weight excluding hydrogens is 190 g/mol. The van der Waals surface area contributed by atoms with Crippen molar-refractivity contribution in [2.24, 2.45) is 0 Å². The zero-order valence-corrected chi connectivity index (χ0v) is 9.56. The molecule has 1 aromatic heterocycles. The van der Waals surface area contributed by atoms with Crippen molar-refractivity contribution in [2.75, 3.05) is 7.11 Å². The van der Waals surface area contributed by atoms with E-state index < -0.39 is 0 Å². The average molecular weight is 208 g/mol. The Morgan fingerprint density at radius 2 is 1.80 bits per heavy atom.